The highest BCUT2D eigenvalue weighted by Gasteiger charge is 2.35. The molecule has 3 rings (SSSR count). The van der Waals surface area contributed by atoms with E-state index in [4.69, 9.17) is 34.8 Å². The minimum Gasteiger partial charge on any atom is -0.479 e. The first-order chi connectivity index (χ1) is 23.6. The first kappa shape index (κ1) is 39.3. The highest BCUT2D eigenvalue weighted by atomic mass is 16.7. The molecule has 1 heterocycles. The number of carbonyl (C=O) groups excluding carboxylic acids is 4. The third-order valence-corrected chi connectivity index (χ3v) is 7.38. The van der Waals surface area contributed by atoms with Crippen LogP contribution in [-0.4, -0.2) is 78.4 Å². The molecule has 4 N–H and O–H groups in total. The first-order valence-electron chi connectivity index (χ1n) is 15.6. The van der Waals surface area contributed by atoms with Crippen molar-refractivity contribution in [1.29, 1.82) is 0 Å². The second-order valence-corrected chi connectivity index (χ2v) is 12.7. The number of anilines is 1. The number of aliphatic hydroxyl groups is 1. The zero-order valence-corrected chi connectivity index (χ0v) is 28.3. The second kappa shape index (κ2) is 18.0. The molecule has 15 nitrogen and oxygen atoms in total. The summed E-state index contributed by atoms with van der Waals surface area (Å²) in [7, 11) is 0. The molecular weight excluding hydrogens is 656 g/mol. The molecule has 15 heteroatoms. The summed E-state index contributed by atoms with van der Waals surface area (Å²) in [6.07, 6.45) is 1.08. The van der Waals surface area contributed by atoms with Gasteiger partial charge in [0, 0.05) is 30.4 Å². The number of rotatable bonds is 18. The van der Waals surface area contributed by atoms with Crippen LogP contribution in [0.2, 0.25) is 0 Å². The molecule has 0 radical (unpaired) electrons. The third kappa shape index (κ3) is 12.4. The Morgan fingerprint density at radius 1 is 1.00 bits per heavy atom. The van der Waals surface area contributed by atoms with Gasteiger partial charge in [-0.3, -0.25) is 19.7 Å². The van der Waals surface area contributed by atoms with E-state index < -0.39 is 47.5 Å². The Morgan fingerprint density at radius 3 is 2.36 bits per heavy atom. The number of terminal acetylenes is 1. The minimum atomic E-state index is -1.30. The van der Waals surface area contributed by atoms with Crippen LogP contribution in [0, 0.1) is 17.8 Å². The van der Waals surface area contributed by atoms with Gasteiger partial charge in [-0.2, -0.15) is 0 Å². The van der Waals surface area contributed by atoms with E-state index in [0.29, 0.717) is 23.2 Å². The molecule has 0 bridgehead atoms. The predicted octanol–water partition coefficient (Wildman–Crippen LogP) is 3.30. The van der Waals surface area contributed by atoms with Gasteiger partial charge in [-0.25, -0.2) is 9.59 Å². The quantitative estimate of drug-likeness (QED) is 0.100. The summed E-state index contributed by atoms with van der Waals surface area (Å²) < 4.78 is 32.3. The fraction of sp³-hybridized carbons (Fsp3) is 0.457. The molecule has 270 valence electrons. The van der Waals surface area contributed by atoms with Gasteiger partial charge in [0.2, 0.25) is 6.29 Å². The number of hydrogen-bond donors (Lipinski definition) is 4. The van der Waals surface area contributed by atoms with Crippen LogP contribution >= 0.6 is 0 Å². The zero-order valence-electron chi connectivity index (χ0n) is 28.3. The van der Waals surface area contributed by atoms with Crippen molar-refractivity contribution in [1.82, 2.24) is 5.32 Å². The van der Waals surface area contributed by atoms with Crippen LogP contribution in [0.1, 0.15) is 67.6 Å². The molecule has 2 aromatic rings. The predicted molar refractivity (Wildman–Crippen MR) is 176 cm³/mol. The second-order valence-electron chi connectivity index (χ2n) is 12.7. The monoisotopic (exact) mass is 698 g/mol. The Labute approximate surface area is 289 Å². The van der Waals surface area contributed by atoms with Gasteiger partial charge in [-0.05, 0) is 63.1 Å². The van der Waals surface area contributed by atoms with Crippen LogP contribution in [0.5, 0.6) is 5.75 Å². The summed E-state index contributed by atoms with van der Waals surface area (Å²) in [6.45, 7) is 7.64. The number of amides is 2. The van der Waals surface area contributed by atoms with E-state index in [9.17, 15) is 34.2 Å². The van der Waals surface area contributed by atoms with E-state index in [-0.39, 0.29) is 69.3 Å². The standard InChI is InChI=1S/C35H42N2O13/c1-6-34(2,3)19-48-35(4,5)18-36-31(41)26-12-23(8-10-28(26)49-30-14-25(40)13-29(50-30)32(42)43)16-47-33(44)37-27-9-7-22(15-45-20-38)11-24(27)17-46-21-39/h1,7-12,20-21,25,29-30,40H,13-19H2,2-5H3,(H,36,41)(H,37,44)(H,42,43). The molecule has 1 saturated heterocycles. The highest BCUT2D eigenvalue weighted by molar-refractivity contribution is 5.97. The van der Waals surface area contributed by atoms with Crippen molar-refractivity contribution in [3.05, 3.63) is 58.7 Å². The Hall–Kier alpha value is -5.17. The maximum absolute atomic E-state index is 13.5. The molecule has 0 aromatic heterocycles. The van der Waals surface area contributed by atoms with Crippen molar-refractivity contribution in [2.24, 2.45) is 5.41 Å². The maximum Gasteiger partial charge on any atom is 0.411 e. The number of aliphatic carboxylic acids is 1. The summed E-state index contributed by atoms with van der Waals surface area (Å²) in [5.74, 6) is 0.845. The van der Waals surface area contributed by atoms with Gasteiger partial charge >= 0.3 is 12.1 Å². The molecule has 2 amide bonds. The lowest BCUT2D eigenvalue weighted by molar-refractivity contribution is -0.195. The molecule has 0 spiro atoms. The molecule has 0 aliphatic carbocycles. The number of benzene rings is 2. The Balaban J connectivity index is 1.78. The van der Waals surface area contributed by atoms with Crippen molar-refractivity contribution in [3.8, 4) is 18.1 Å². The molecule has 2 aromatic carbocycles. The molecule has 3 unspecified atom stereocenters. The number of hydrogen-bond acceptors (Lipinski definition) is 12. The average Bonchev–Trinajstić information content (AvgIpc) is 3.08. The van der Waals surface area contributed by atoms with Crippen LogP contribution in [0.4, 0.5) is 10.5 Å². The zero-order chi connectivity index (χ0) is 36.9. The molecule has 50 heavy (non-hydrogen) atoms. The van der Waals surface area contributed by atoms with Crippen LogP contribution in [-0.2, 0) is 57.9 Å². The van der Waals surface area contributed by atoms with Gasteiger partial charge in [0.05, 0.1) is 29.6 Å². The minimum absolute atomic E-state index is 0.0169. The van der Waals surface area contributed by atoms with Crippen molar-refractivity contribution in [2.75, 3.05) is 18.5 Å². The first-order valence-corrected chi connectivity index (χ1v) is 15.6. The number of carboxylic acid groups (broad SMARTS) is 1. The van der Waals surface area contributed by atoms with E-state index in [0.717, 1.165) is 0 Å². The molecular formula is C35H42N2O13. The summed E-state index contributed by atoms with van der Waals surface area (Å²) in [5, 5.41) is 25.0. The van der Waals surface area contributed by atoms with Crippen molar-refractivity contribution in [3.63, 3.8) is 0 Å². The fourth-order valence-corrected chi connectivity index (χ4v) is 4.57. The maximum atomic E-state index is 13.5. The Kier molecular flexibility index (Phi) is 14.1. The van der Waals surface area contributed by atoms with Gasteiger partial charge in [0.15, 0.2) is 6.10 Å². The van der Waals surface area contributed by atoms with E-state index in [1.54, 1.807) is 26.0 Å². The Morgan fingerprint density at radius 2 is 1.68 bits per heavy atom. The number of carbonyl (C=O) groups is 5. The topological polar surface area (TPSA) is 205 Å². The van der Waals surface area contributed by atoms with Gasteiger partial charge in [0.1, 0.15) is 25.6 Å². The third-order valence-electron chi connectivity index (χ3n) is 7.38. The summed E-state index contributed by atoms with van der Waals surface area (Å²) >= 11 is 0. The lowest BCUT2D eigenvalue weighted by Gasteiger charge is -2.31. The van der Waals surface area contributed by atoms with Crippen LogP contribution in [0.3, 0.4) is 0 Å². The molecule has 1 fully saturated rings. The van der Waals surface area contributed by atoms with Gasteiger partial charge in [0.25, 0.3) is 18.9 Å². The van der Waals surface area contributed by atoms with Crippen LogP contribution in [0.15, 0.2) is 36.4 Å². The van der Waals surface area contributed by atoms with Crippen molar-refractivity contribution < 1.29 is 62.6 Å². The largest absolute Gasteiger partial charge is 0.479 e. The SMILES string of the molecule is C#CC(C)(C)COC(C)(C)CNC(=O)c1cc(COC(=O)Nc2ccc(COC=O)cc2COC=O)ccc1OC1CC(O)CC(C(=O)O)O1. The smallest absolute Gasteiger partial charge is 0.411 e. The fourth-order valence-electron chi connectivity index (χ4n) is 4.57. The summed E-state index contributed by atoms with van der Waals surface area (Å²) in [5.41, 5.74) is 0.348. The van der Waals surface area contributed by atoms with Crippen LogP contribution < -0.4 is 15.4 Å². The number of nitrogens with one attached hydrogen (secondary N) is 2. The summed E-state index contributed by atoms with van der Waals surface area (Å²) in [6, 6.07) is 9.13. The van der Waals surface area contributed by atoms with E-state index >= 15 is 0 Å². The Bertz CT molecular complexity index is 1570. The lowest BCUT2D eigenvalue weighted by Crippen LogP contribution is -2.43. The highest BCUT2D eigenvalue weighted by Crippen LogP contribution is 2.28. The average molecular weight is 699 g/mol. The van der Waals surface area contributed by atoms with Crippen LogP contribution in [0.25, 0.3) is 0 Å². The van der Waals surface area contributed by atoms with E-state index in [2.05, 4.69) is 16.6 Å². The molecule has 3 atom stereocenters. The molecule has 0 saturated carbocycles. The molecule has 1 aliphatic rings. The van der Waals surface area contributed by atoms with Crippen molar-refractivity contribution >= 4 is 36.6 Å². The van der Waals surface area contributed by atoms with Crippen molar-refractivity contribution in [2.45, 2.75) is 84.5 Å². The van der Waals surface area contributed by atoms with E-state index in [1.807, 2.05) is 13.8 Å². The van der Waals surface area contributed by atoms with Gasteiger partial charge < -0.3 is 44.0 Å². The number of ether oxygens (including phenoxy) is 6. The summed E-state index contributed by atoms with van der Waals surface area (Å²) in [4.78, 5) is 59.2. The number of carboxylic acids is 1. The normalized spacial score (nSPS) is 17.4. The molecule has 1 aliphatic heterocycles. The van der Waals surface area contributed by atoms with Gasteiger partial charge in [-0.15, -0.1) is 6.42 Å². The van der Waals surface area contributed by atoms with E-state index in [1.165, 1.54) is 24.3 Å². The lowest BCUT2D eigenvalue weighted by atomic mass is 9.96. The number of aliphatic hydroxyl groups excluding tert-OH is 1. The van der Waals surface area contributed by atoms with Gasteiger partial charge in [-0.1, -0.05) is 18.1 Å².